The smallest absolute Gasteiger partial charge is 0.150 e. The Morgan fingerprint density at radius 2 is 2.05 bits per heavy atom. The highest BCUT2D eigenvalue weighted by molar-refractivity contribution is 5.52. The number of nitrogens with zero attached hydrogens (tertiary/aromatic N) is 1. The van der Waals surface area contributed by atoms with Gasteiger partial charge in [0.15, 0.2) is 0 Å². The number of halogens is 1. The topological polar surface area (TPSA) is 35.5 Å². The Kier molecular flexibility index (Phi) is 3.36. The molecule has 2 aliphatic rings. The summed E-state index contributed by atoms with van der Waals surface area (Å²) in [7, 11) is 0. The molecule has 1 aliphatic heterocycles. The van der Waals surface area contributed by atoms with Crippen LogP contribution in [0.2, 0.25) is 0 Å². The quantitative estimate of drug-likeness (QED) is 0.829. The van der Waals surface area contributed by atoms with E-state index < -0.39 is 0 Å². The summed E-state index contributed by atoms with van der Waals surface area (Å²) in [5.74, 6) is -0.340. The lowest BCUT2D eigenvalue weighted by Gasteiger charge is -2.52. The molecular weight excluding hydrogens is 255 g/mol. The van der Waals surface area contributed by atoms with E-state index in [1.165, 1.54) is 18.9 Å². The van der Waals surface area contributed by atoms with Gasteiger partial charge in [-0.25, -0.2) is 4.39 Å². The van der Waals surface area contributed by atoms with Crippen LogP contribution in [-0.4, -0.2) is 29.3 Å². The molecule has 1 saturated carbocycles. The minimum absolute atomic E-state index is 0.0131. The molecule has 0 unspecified atom stereocenters. The normalized spacial score (nSPS) is 29.1. The third kappa shape index (κ3) is 2.49. The van der Waals surface area contributed by atoms with E-state index in [4.69, 9.17) is 0 Å². The van der Waals surface area contributed by atoms with Gasteiger partial charge in [-0.05, 0) is 38.8 Å². The zero-order chi connectivity index (χ0) is 14.3. The van der Waals surface area contributed by atoms with Crippen molar-refractivity contribution in [2.45, 2.75) is 57.2 Å². The molecule has 1 aromatic carbocycles. The number of piperazine rings is 1. The fourth-order valence-electron chi connectivity index (χ4n) is 3.74. The molecular formula is C16H23FN2O. The van der Waals surface area contributed by atoms with Crippen molar-refractivity contribution in [3.63, 3.8) is 0 Å². The number of phenolic OH excluding ortho intramolecular Hbond substituents is 1. The predicted molar refractivity (Wildman–Crippen MR) is 78.7 cm³/mol. The van der Waals surface area contributed by atoms with Gasteiger partial charge in [0.1, 0.15) is 11.6 Å². The first kappa shape index (κ1) is 13.7. The minimum atomic E-state index is -0.327. The second-order valence-electron chi connectivity index (χ2n) is 6.75. The highest BCUT2D eigenvalue weighted by Crippen LogP contribution is 2.35. The van der Waals surface area contributed by atoms with Gasteiger partial charge >= 0.3 is 0 Å². The minimum Gasteiger partial charge on any atom is -0.508 e. The Morgan fingerprint density at radius 1 is 1.30 bits per heavy atom. The van der Waals surface area contributed by atoms with Crippen LogP contribution in [0.5, 0.6) is 5.75 Å². The molecule has 0 spiro atoms. The first-order valence-electron chi connectivity index (χ1n) is 7.49. The molecule has 20 heavy (non-hydrogen) atoms. The van der Waals surface area contributed by atoms with Crippen LogP contribution in [0.1, 0.15) is 39.5 Å². The Bertz CT molecular complexity index is 503. The lowest BCUT2D eigenvalue weighted by atomic mass is 9.83. The van der Waals surface area contributed by atoms with E-state index in [0.717, 1.165) is 19.4 Å². The average Bonchev–Trinajstić information content (AvgIpc) is 2.37. The lowest BCUT2D eigenvalue weighted by molar-refractivity contribution is 0.198. The maximum atomic E-state index is 14.2. The van der Waals surface area contributed by atoms with Gasteiger partial charge in [-0.3, -0.25) is 0 Å². The SMILES string of the molecule is CC1(C)CN(c2ccc(O)cc2F)[C@H]2CCCC[C@H]2N1. The van der Waals surface area contributed by atoms with Crippen LogP contribution in [-0.2, 0) is 0 Å². The first-order valence-corrected chi connectivity index (χ1v) is 7.49. The molecule has 0 radical (unpaired) electrons. The van der Waals surface area contributed by atoms with Crippen molar-refractivity contribution in [1.29, 1.82) is 0 Å². The van der Waals surface area contributed by atoms with Gasteiger partial charge in [-0.2, -0.15) is 0 Å². The summed E-state index contributed by atoms with van der Waals surface area (Å²) in [4.78, 5) is 2.20. The number of rotatable bonds is 1. The van der Waals surface area contributed by atoms with Crippen molar-refractivity contribution in [2.24, 2.45) is 0 Å². The summed E-state index contributed by atoms with van der Waals surface area (Å²) in [5.41, 5.74) is 0.595. The van der Waals surface area contributed by atoms with Crippen molar-refractivity contribution < 1.29 is 9.50 Å². The zero-order valence-corrected chi connectivity index (χ0v) is 12.2. The predicted octanol–water partition coefficient (Wildman–Crippen LogP) is 3.03. The van der Waals surface area contributed by atoms with Crippen molar-refractivity contribution in [3.05, 3.63) is 24.0 Å². The van der Waals surface area contributed by atoms with Crippen molar-refractivity contribution in [1.82, 2.24) is 5.32 Å². The van der Waals surface area contributed by atoms with E-state index in [2.05, 4.69) is 24.1 Å². The number of nitrogens with one attached hydrogen (secondary N) is 1. The van der Waals surface area contributed by atoms with E-state index in [1.54, 1.807) is 12.1 Å². The largest absolute Gasteiger partial charge is 0.508 e. The Balaban J connectivity index is 1.96. The number of fused-ring (bicyclic) bond motifs is 1. The molecule has 3 nitrogen and oxygen atoms in total. The van der Waals surface area contributed by atoms with Crippen molar-refractivity contribution in [3.8, 4) is 5.75 Å². The van der Waals surface area contributed by atoms with Gasteiger partial charge in [0.2, 0.25) is 0 Å². The standard InChI is InChI=1S/C16H23FN2O/c1-16(2)10-19(14-8-7-11(20)9-12(14)17)15-6-4-3-5-13(15)18-16/h7-9,13,15,18,20H,3-6,10H2,1-2H3/t13-,15+/m1/s1. The van der Waals surface area contributed by atoms with Gasteiger partial charge in [0, 0.05) is 30.2 Å². The summed E-state index contributed by atoms with van der Waals surface area (Å²) in [6, 6.07) is 5.28. The molecule has 1 aliphatic carbocycles. The molecule has 2 N–H and O–H groups in total. The molecule has 4 heteroatoms. The van der Waals surface area contributed by atoms with E-state index >= 15 is 0 Å². The molecule has 110 valence electrons. The molecule has 1 aromatic rings. The second kappa shape index (κ2) is 4.92. The summed E-state index contributed by atoms with van der Waals surface area (Å²) in [5, 5.41) is 13.1. The maximum Gasteiger partial charge on any atom is 0.150 e. The van der Waals surface area contributed by atoms with Crippen LogP contribution in [0.3, 0.4) is 0 Å². The molecule has 2 atom stereocenters. The van der Waals surface area contributed by atoms with E-state index in [9.17, 15) is 9.50 Å². The lowest BCUT2D eigenvalue weighted by Crippen LogP contribution is -2.67. The van der Waals surface area contributed by atoms with E-state index in [1.807, 2.05) is 0 Å². The molecule has 2 fully saturated rings. The molecule has 1 heterocycles. The average molecular weight is 278 g/mol. The van der Waals surface area contributed by atoms with Gasteiger partial charge in [0.05, 0.1) is 5.69 Å². The number of hydrogen-bond acceptors (Lipinski definition) is 3. The van der Waals surface area contributed by atoms with E-state index in [-0.39, 0.29) is 17.1 Å². The Morgan fingerprint density at radius 3 is 2.80 bits per heavy atom. The van der Waals surface area contributed by atoms with Crippen LogP contribution < -0.4 is 10.2 Å². The summed E-state index contributed by atoms with van der Waals surface area (Å²) < 4.78 is 14.2. The van der Waals surface area contributed by atoms with Crippen LogP contribution in [0.4, 0.5) is 10.1 Å². The van der Waals surface area contributed by atoms with Crippen LogP contribution in [0.25, 0.3) is 0 Å². The third-order valence-corrected chi connectivity index (χ3v) is 4.51. The van der Waals surface area contributed by atoms with Crippen LogP contribution in [0.15, 0.2) is 18.2 Å². The first-order chi connectivity index (χ1) is 9.46. The monoisotopic (exact) mass is 278 g/mol. The number of aromatic hydroxyl groups is 1. The molecule has 3 rings (SSSR count). The maximum absolute atomic E-state index is 14.2. The Hall–Kier alpha value is -1.29. The molecule has 0 aromatic heterocycles. The van der Waals surface area contributed by atoms with Crippen LogP contribution in [0, 0.1) is 5.82 Å². The van der Waals surface area contributed by atoms with Gasteiger partial charge < -0.3 is 15.3 Å². The molecule has 0 amide bonds. The summed E-state index contributed by atoms with van der Waals surface area (Å²) in [6.45, 7) is 5.13. The summed E-state index contributed by atoms with van der Waals surface area (Å²) in [6.07, 6.45) is 4.72. The number of hydrogen-bond donors (Lipinski definition) is 2. The summed E-state index contributed by atoms with van der Waals surface area (Å²) >= 11 is 0. The molecule has 1 saturated heterocycles. The van der Waals surface area contributed by atoms with Crippen molar-refractivity contribution >= 4 is 5.69 Å². The number of anilines is 1. The highest BCUT2D eigenvalue weighted by atomic mass is 19.1. The Labute approximate surface area is 119 Å². The number of benzene rings is 1. The van der Waals surface area contributed by atoms with Gasteiger partial charge in [-0.1, -0.05) is 12.8 Å². The van der Waals surface area contributed by atoms with Gasteiger partial charge in [0.25, 0.3) is 0 Å². The fraction of sp³-hybridized carbons (Fsp3) is 0.625. The van der Waals surface area contributed by atoms with E-state index in [0.29, 0.717) is 17.8 Å². The fourth-order valence-corrected chi connectivity index (χ4v) is 3.74. The van der Waals surface area contributed by atoms with Crippen LogP contribution >= 0.6 is 0 Å². The van der Waals surface area contributed by atoms with Gasteiger partial charge in [-0.15, -0.1) is 0 Å². The van der Waals surface area contributed by atoms with Crippen molar-refractivity contribution in [2.75, 3.05) is 11.4 Å². The zero-order valence-electron chi connectivity index (χ0n) is 12.2. The molecule has 0 bridgehead atoms. The highest BCUT2D eigenvalue weighted by Gasteiger charge is 2.41. The third-order valence-electron chi connectivity index (χ3n) is 4.51. The second-order valence-corrected chi connectivity index (χ2v) is 6.75. The number of phenols is 1.